The van der Waals surface area contributed by atoms with E-state index in [1.54, 1.807) is 45.0 Å². The Hall–Kier alpha value is -5.52. The Morgan fingerprint density at radius 1 is 0.567 bits per heavy atom. The lowest BCUT2D eigenvalue weighted by Crippen LogP contribution is -2.39. The molecule has 60 heavy (non-hydrogen) atoms. The van der Waals surface area contributed by atoms with Gasteiger partial charge in [-0.15, -0.1) is 0 Å². The topological polar surface area (TPSA) is 244 Å². The van der Waals surface area contributed by atoms with Crippen molar-refractivity contribution in [3.05, 3.63) is 90.2 Å². The number of hydrogen-bond donors (Lipinski definition) is 4. The molecule has 2 aromatic carbocycles. The lowest BCUT2D eigenvalue weighted by atomic mass is 10.2. The number of sulfonamides is 2. The van der Waals surface area contributed by atoms with Gasteiger partial charge in [-0.1, -0.05) is 12.1 Å². The van der Waals surface area contributed by atoms with Gasteiger partial charge in [-0.25, -0.2) is 45.8 Å². The zero-order valence-corrected chi connectivity index (χ0v) is 36.6. The first-order chi connectivity index (χ1) is 28.4. The molecule has 0 fully saturated rings. The lowest BCUT2D eigenvalue weighted by molar-refractivity contribution is 0.412. The minimum atomic E-state index is -3.69. The van der Waals surface area contributed by atoms with E-state index in [1.807, 2.05) is 44.9 Å². The van der Waals surface area contributed by atoms with E-state index >= 15 is 0 Å². The van der Waals surface area contributed by atoms with Gasteiger partial charge in [0.15, 0.2) is 11.3 Å². The molecule has 0 unspecified atom stereocenters. The number of likely N-dealkylation sites (N-methyl/N-ethyl adjacent to an activating group) is 2. The van der Waals surface area contributed by atoms with Gasteiger partial charge in [0.1, 0.15) is 22.7 Å². The molecule has 6 rings (SSSR count). The summed E-state index contributed by atoms with van der Waals surface area (Å²) in [5.41, 5.74) is 0.410. The number of aryl methyl sites for hydroxylation is 2. The molecule has 22 heteroatoms. The maximum atomic E-state index is 12.7. The molecule has 0 radical (unpaired) electrons. The van der Waals surface area contributed by atoms with Crippen molar-refractivity contribution in [2.24, 2.45) is 0 Å². The normalized spacial score (nSPS) is 12.2. The third-order valence-electron chi connectivity index (χ3n) is 9.55. The lowest BCUT2D eigenvalue weighted by Gasteiger charge is -2.11. The summed E-state index contributed by atoms with van der Waals surface area (Å²) < 4.78 is 60.3. The number of benzene rings is 2. The van der Waals surface area contributed by atoms with Crippen molar-refractivity contribution in [1.29, 1.82) is 0 Å². The molecular formula is C38H52N12O8S2. The van der Waals surface area contributed by atoms with Gasteiger partial charge >= 0.3 is 11.4 Å². The van der Waals surface area contributed by atoms with Crippen molar-refractivity contribution < 1.29 is 16.8 Å². The minimum Gasteiger partial charge on any atom is -0.332 e. The number of imidazole rings is 2. The maximum absolute atomic E-state index is 12.7. The molecule has 0 aliphatic heterocycles. The van der Waals surface area contributed by atoms with E-state index in [-0.39, 0.29) is 51.8 Å². The molecule has 0 spiro atoms. The van der Waals surface area contributed by atoms with E-state index in [9.17, 15) is 36.0 Å². The average Bonchev–Trinajstić information content (AvgIpc) is 3.85. The van der Waals surface area contributed by atoms with Crippen LogP contribution in [0.2, 0.25) is 0 Å². The molecule has 0 bridgehead atoms. The second kappa shape index (κ2) is 18.8. The Kier molecular flexibility index (Phi) is 14.3. The second-order valence-corrected chi connectivity index (χ2v) is 17.7. The quantitative estimate of drug-likeness (QED) is 0.106. The Labute approximate surface area is 346 Å². The highest BCUT2D eigenvalue weighted by molar-refractivity contribution is 7.89. The fourth-order valence-electron chi connectivity index (χ4n) is 6.31. The van der Waals surface area contributed by atoms with Crippen LogP contribution in [0.3, 0.4) is 0 Å². The summed E-state index contributed by atoms with van der Waals surface area (Å²) in [6.07, 6.45) is 0. The molecule has 0 amide bonds. The molecule has 4 N–H and O–H groups in total. The summed E-state index contributed by atoms with van der Waals surface area (Å²) in [7, 11) is 0.138. The molecule has 0 saturated carbocycles. The first-order valence-corrected chi connectivity index (χ1v) is 22.3. The summed E-state index contributed by atoms with van der Waals surface area (Å²) in [5.74, 6) is 0.713. The molecule has 20 nitrogen and oxygen atoms in total. The van der Waals surface area contributed by atoms with Crippen LogP contribution in [0.1, 0.15) is 27.7 Å². The monoisotopic (exact) mass is 868 g/mol. The third-order valence-corrected chi connectivity index (χ3v) is 12.5. The van der Waals surface area contributed by atoms with Crippen molar-refractivity contribution in [1.82, 2.24) is 57.4 Å². The summed E-state index contributed by atoms with van der Waals surface area (Å²) in [4.78, 5) is 69.1. The largest absolute Gasteiger partial charge is 0.332 e. The molecule has 0 aliphatic rings. The van der Waals surface area contributed by atoms with Crippen LogP contribution in [0.15, 0.2) is 77.5 Å². The summed E-state index contributed by atoms with van der Waals surface area (Å²) >= 11 is 0. The van der Waals surface area contributed by atoms with Crippen molar-refractivity contribution in [3.8, 4) is 22.8 Å². The molecule has 324 valence electrons. The van der Waals surface area contributed by atoms with E-state index in [0.717, 1.165) is 9.13 Å². The molecule has 0 atom stereocenters. The van der Waals surface area contributed by atoms with E-state index in [0.29, 0.717) is 55.5 Å². The van der Waals surface area contributed by atoms with Gasteiger partial charge in [-0.2, -0.15) is 0 Å². The number of hydrogen-bond acceptors (Lipinski definition) is 12. The van der Waals surface area contributed by atoms with Gasteiger partial charge in [0, 0.05) is 63.5 Å². The number of fused-ring (bicyclic) bond motifs is 2. The number of nitrogens with one attached hydrogen (secondary N) is 4. The molecule has 4 aromatic heterocycles. The van der Waals surface area contributed by atoms with Gasteiger partial charge in [-0.3, -0.25) is 27.9 Å². The second-order valence-electron chi connectivity index (χ2n) is 14.2. The zero-order valence-electron chi connectivity index (χ0n) is 34.9. The highest BCUT2D eigenvalue weighted by Gasteiger charge is 2.20. The van der Waals surface area contributed by atoms with Gasteiger partial charge < -0.3 is 19.8 Å². The van der Waals surface area contributed by atoms with Crippen molar-refractivity contribution >= 4 is 42.4 Å². The van der Waals surface area contributed by atoms with Crippen molar-refractivity contribution in [2.75, 3.05) is 54.4 Å². The Morgan fingerprint density at radius 2 is 0.983 bits per heavy atom. The van der Waals surface area contributed by atoms with Crippen molar-refractivity contribution in [2.45, 2.75) is 63.7 Å². The fraction of sp³-hybridized carbons (Fsp3) is 0.421. The predicted octanol–water partition coefficient (Wildman–Crippen LogP) is 0.866. The Bertz CT molecular complexity index is 2960. The van der Waals surface area contributed by atoms with E-state index in [4.69, 9.17) is 0 Å². The van der Waals surface area contributed by atoms with Gasteiger partial charge in [0.05, 0.1) is 9.79 Å². The third kappa shape index (κ3) is 9.58. The van der Waals surface area contributed by atoms with Crippen LogP contribution in [0.5, 0.6) is 0 Å². The molecule has 0 aliphatic carbocycles. The van der Waals surface area contributed by atoms with Crippen LogP contribution in [-0.4, -0.2) is 119 Å². The van der Waals surface area contributed by atoms with Gasteiger partial charge in [0.25, 0.3) is 11.1 Å². The smallest absolute Gasteiger partial charge is 0.332 e. The van der Waals surface area contributed by atoms with Gasteiger partial charge in [0.2, 0.25) is 20.0 Å². The highest BCUT2D eigenvalue weighted by Crippen LogP contribution is 2.23. The van der Waals surface area contributed by atoms with Crippen LogP contribution >= 0.6 is 0 Å². The van der Waals surface area contributed by atoms with Gasteiger partial charge in [-0.05, 0) is 92.3 Å². The van der Waals surface area contributed by atoms with E-state index in [1.165, 1.54) is 33.4 Å². The number of nitrogens with zero attached hydrogens (tertiary/aromatic N) is 8. The molecule has 4 heterocycles. The predicted molar refractivity (Wildman–Crippen MR) is 230 cm³/mol. The maximum Gasteiger partial charge on any atom is 0.332 e. The SMILES string of the molecule is CCn1c(=O)c2[nH]c(-c3ccc(S(=O)(=O)NCCN(C)C)cc3)nc2n(CC)c1=O.CCn1c(=O)c2[nH]c(-c3cccc(S(=O)(=O)NCCN(C)C)c3)nc2n(CC)c1=O. The van der Waals surface area contributed by atoms with Crippen LogP contribution in [0, 0.1) is 0 Å². The number of aromatic amines is 2. The van der Waals surface area contributed by atoms with E-state index < -0.39 is 42.5 Å². The highest BCUT2D eigenvalue weighted by atomic mass is 32.2. The first-order valence-electron chi connectivity index (χ1n) is 19.3. The zero-order chi connectivity index (χ0) is 44.1. The standard InChI is InChI=1S/2C19H26N6O4S/c1-5-24-17-15(18(26)25(6-2)19(24)27)21-16(22-17)13-7-9-14(10-8-13)30(28,29)20-11-12-23(3)4;1-5-24-17-15(18(26)25(6-2)19(24)27)21-16(22-17)13-8-7-9-14(12-13)30(28,29)20-10-11-23(3)4/h7-10,20H,5-6,11-12H2,1-4H3,(H,21,22);7-9,12,20H,5-6,10-11H2,1-4H3,(H,21,22). The van der Waals surface area contributed by atoms with Crippen molar-refractivity contribution in [3.63, 3.8) is 0 Å². The van der Waals surface area contributed by atoms with E-state index in [2.05, 4.69) is 29.4 Å². The van der Waals surface area contributed by atoms with Crippen LogP contribution in [0.25, 0.3) is 45.1 Å². The van der Waals surface area contributed by atoms with Crippen LogP contribution in [0.4, 0.5) is 0 Å². The molecule has 6 aromatic rings. The summed E-state index contributed by atoms with van der Waals surface area (Å²) in [6, 6.07) is 12.5. The Balaban J connectivity index is 0.000000228. The minimum absolute atomic E-state index is 0.0954. The fourth-order valence-corrected chi connectivity index (χ4v) is 8.40. The Morgan fingerprint density at radius 3 is 1.40 bits per heavy atom. The first kappa shape index (κ1) is 45.6. The summed E-state index contributed by atoms with van der Waals surface area (Å²) in [5, 5.41) is 0. The average molecular weight is 869 g/mol. The molecule has 0 saturated heterocycles. The summed E-state index contributed by atoms with van der Waals surface area (Å²) in [6.45, 7) is 10.0. The molecular weight excluding hydrogens is 817 g/mol. The number of aromatic nitrogens is 8. The van der Waals surface area contributed by atoms with Crippen LogP contribution < -0.4 is 31.9 Å². The number of H-pyrrole nitrogens is 2. The van der Waals surface area contributed by atoms with Crippen LogP contribution in [-0.2, 0) is 46.2 Å². The number of rotatable bonds is 16.